The van der Waals surface area contributed by atoms with Crippen molar-refractivity contribution in [2.45, 2.75) is 6.92 Å². The largest absolute Gasteiger partial charge is 0.353 e. The molecule has 18 heavy (non-hydrogen) atoms. The molecule has 0 amide bonds. The Bertz CT molecular complexity index is 514. The lowest BCUT2D eigenvalue weighted by atomic mass is 10.2. The van der Waals surface area contributed by atoms with Gasteiger partial charge in [0.1, 0.15) is 5.69 Å². The first-order chi connectivity index (χ1) is 8.84. The Morgan fingerprint density at radius 1 is 1.17 bits per heavy atom. The first-order valence-corrected chi connectivity index (χ1v) is 7.06. The Morgan fingerprint density at radius 2 is 2.00 bits per heavy atom. The van der Waals surface area contributed by atoms with E-state index >= 15 is 0 Å². The third-order valence-corrected chi connectivity index (χ3v) is 4.23. The van der Waals surface area contributed by atoms with Crippen LogP contribution in [0.1, 0.15) is 5.56 Å². The molecule has 0 spiro atoms. The van der Waals surface area contributed by atoms with Gasteiger partial charge >= 0.3 is 0 Å². The van der Waals surface area contributed by atoms with E-state index in [-0.39, 0.29) is 0 Å². The SMILES string of the molecule is Cc1ccsc1-c1ccc(N2CCNCC2)nn1. The lowest BCUT2D eigenvalue weighted by molar-refractivity contribution is 0.583. The van der Waals surface area contributed by atoms with Crippen molar-refractivity contribution in [1.29, 1.82) is 0 Å². The van der Waals surface area contributed by atoms with Crippen molar-refractivity contribution in [3.05, 3.63) is 29.1 Å². The molecule has 0 bridgehead atoms. The van der Waals surface area contributed by atoms with Crippen LogP contribution >= 0.6 is 11.3 Å². The maximum absolute atomic E-state index is 4.36. The minimum atomic E-state index is 0.974. The second-order valence-corrected chi connectivity index (χ2v) is 5.36. The molecule has 0 atom stereocenters. The zero-order chi connectivity index (χ0) is 12.4. The molecule has 0 saturated carbocycles. The van der Waals surface area contributed by atoms with Gasteiger partial charge in [-0.1, -0.05) is 0 Å². The Labute approximate surface area is 111 Å². The standard InChI is InChI=1S/C13H16N4S/c1-10-4-9-18-13(10)11-2-3-12(16-15-11)17-7-5-14-6-8-17/h2-4,9,14H,5-8H2,1H3. The van der Waals surface area contributed by atoms with Crippen molar-refractivity contribution in [2.75, 3.05) is 31.1 Å². The van der Waals surface area contributed by atoms with Gasteiger partial charge in [-0.15, -0.1) is 21.5 Å². The fraction of sp³-hybridized carbons (Fsp3) is 0.385. The van der Waals surface area contributed by atoms with Crippen LogP contribution in [-0.4, -0.2) is 36.4 Å². The normalized spacial score (nSPS) is 15.9. The second-order valence-electron chi connectivity index (χ2n) is 4.45. The number of rotatable bonds is 2. The number of thiophene rings is 1. The summed E-state index contributed by atoms with van der Waals surface area (Å²) < 4.78 is 0. The molecular weight excluding hydrogens is 244 g/mol. The number of anilines is 1. The quantitative estimate of drug-likeness (QED) is 0.895. The second kappa shape index (κ2) is 5.04. The molecule has 94 valence electrons. The lowest BCUT2D eigenvalue weighted by Gasteiger charge is -2.27. The van der Waals surface area contributed by atoms with Crippen LogP contribution in [-0.2, 0) is 0 Å². The van der Waals surface area contributed by atoms with Crippen molar-refractivity contribution in [2.24, 2.45) is 0 Å². The van der Waals surface area contributed by atoms with E-state index in [0.29, 0.717) is 0 Å². The van der Waals surface area contributed by atoms with Crippen LogP contribution in [0.5, 0.6) is 0 Å². The monoisotopic (exact) mass is 260 g/mol. The number of nitrogens with one attached hydrogen (secondary N) is 1. The molecule has 1 saturated heterocycles. The Kier molecular flexibility index (Phi) is 3.25. The van der Waals surface area contributed by atoms with E-state index in [1.807, 2.05) is 0 Å². The van der Waals surface area contributed by atoms with Gasteiger partial charge in [0.05, 0.1) is 4.88 Å². The van der Waals surface area contributed by atoms with Gasteiger partial charge in [0.2, 0.25) is 0 Å². The minimum absolute atomic E-state index is 0.974. The number of aromatic nitrogens is 2. The first kappa shape index (κ1) is 11.6. The maximum atomic E-state index is 4.36. The van der Waals surface area contributed by atoms with E-state index < -0.39 is 0 Å². The van der Waals surface area contributed by atoms with Crippen molar-refractivity contribution < 1.29 is 0 Å². The summed E-state index contributed by atoms with van der Waals surface area (Å²) in [5.41, 5.74) is 2.24. The molecular formula is C13H16N4S. The summed E-state index contributed by atoms with van der Waals surface area (Å²) in [7, 11) is 0. The summed E-state index contributed by atoms with van der Waals surface area (Å²) in [6, 6.07) is 6.27. The first-order valence-electron chi connectivity index (χ1n) is 6.18. The molecule has 2 aromatic heterocycles. The molecule has 0 radical (unpaired) electrons. The molecule has 1 N–H and O–H groups in total. The van der Waals surface area contributed by atoms with E-state index in [1.165, 1.54) is 10.4 Å². The van der Waals surface area contributed by atoms with Crippen molar-refractivity contribution >= 4 is 17.2 Å². The lowest BCUT2D eigenvalue weighted by Crippen LogP contribution is -2.43. The Balaban J connectivity index is 1.82. The predicted octanol–water partition coefficient (Wildman–Crippen LogP) is 1.92. The molecule has 1 fully saturated rings. The zero-order valence-corrected chi connectivity index (χ0v) is 11.2. The number of aryl methyl sites for hydroxylation is 1. The zero-order valence-electron chi connectivity index (χ0n) is 10.4. The van der Waals surface area contributed by atoms with Gasteiger partial charge in [-0.2, -0.15) is 0 Å². The summed E-state index contributed by atoms with van der Waals surface area (Å²) in [5, 5.41) is 14.1. The highest BCUT2D eigenvalue weighted by Gasteiger charge is 2.12. The number of hydrogen-bond acceptors (Lipinski definition) is 5. The highest BCUT2D eigenvalue weighted by molar-refractivity contribution is 7.13. The topological polar surface area (TPSA) is 41.0 Å². The summed E-state index contributed by atoms with van der Waals surface area (Å²) in [4.78, 5) is 3.49. The summed E-state index contributed by atoms with van der Waals surface area (Å²) in [5.74, 6) is 0.981. The molecule has 2 aromatic rings. The smallest absolute Gasteiger partial charge is 0.151 e. The molecule has 5 heteroatoms. The molecule has 0 aromatic carbocycles. The van der Waals surface area contributed by atoms with E-state index in [9.17, 15) is 0 Å². The van der Waals surface area contributed by atoms with Gasteiger partial charge in [-0.3, -0.25) is 0 Å². The summed E-state index contributed by atoms with van der Waals surface area (Å²) in [6.45, 7) is 6.16. The van der Waals surface area contributed by atoms with Crippen molar-refractivity contribution in [3.63, 3.8) is 0 Å². The summed E-state index contributed by atoms with van der Waals surface area (Å²) >= 11 is 1.72. The number of hydrogen-bond donors (Lipinski definition) is 1. The molecule has 1 aliphatic rings. The van der Waals surface area contributed by atoms with Crippen LogP contribution in [0.3, 0.4) is 0 Å². The van der Waals surface area contributed by atoms with Crippen LogP contribution < -0.4 is 10.2 Å². The van der Waals surface area contributed by atoms with E-state index in [1.54, 1.807) is 11.3 Å². The third kappa shape index (κ3) is 2.23. The van der Waals surface area contributed by atoms with E-state index in [0.717, 1.165) is 37.7 Å². The van der Waals surface area contributed by atoms with Gasteiger partial charge in [0.25, 0.3) is 0 Å². The number of piperazine rings is 1. The summed E-state index contributed by atoms with van der Waals surface area (Å²) in [6.07, 6.45) is 0. The van der Waals surface area contributed by atoms with Crippen LogP contribution in [0.25, 0.3) is 10.6 Å². The highest BCUT2D eigenvalue weighted by Crippen LogP contribution is 2.27. The van der Waals surface area contributed by atoms with Gasteiger partial charge < -0.3 is 10.2 Å². The van der Waals surface area contributed by atoms with E-state index in [2.05, 4.69) is 50.9 Å². The Morgan fingerprint density at radius 3 is 2.61 bits per heavy atom. The van der Waals surface area contributed by atoms with Crippen LogP contribution in [0.4, 0.5) is 5.82 Å². The molecule has 0 unspecified atom stereocenters. The fourth-order valence-corrected chi connectivity index (χ4v) is 3.04. The van der Waals surface area contributed by atoms with Crippen molar-refractivity contribution in [3.8, 4) is 10.6 Å². The van der Waals surface area contributed by atoms with Crippen LogP contribution in [0.2, 0.25) is 0 Å². The van der Waals surface area contributed by atoms with Crippen LogP contribution in [0.15, 0.2) is 23.6 Å². The fourth-order valence-electron chi connectivity index (χ4n) is 2.14. The maximum Gasteiger partial charge on any atom is 0.151 e. The van der Waals surface area contributed by atoms with Gasteiger partial charge in [0, 0.05) is 26.2 Å². The molecule has 1 aliphatic heterocycles. The van der Waals surface area contributed by atoms with Gasteiger partial charge in [0.15, 0.2) is 5.82 Å². The molecule has 3 rings (SSSR count). The van der Waals surface area contributed by atoms with Crippen molar-refractivity contribution in [1.82, 2.24) is 15.5 Å². The predicted molar refractivity (Wildman–Crippen MR) is 75.2 cm³/mol. The van der Waals surface area contributed by atoms with E-state index in [4.69, 9.17) is 0 Å². The molecule has 3 heterocycles. The van der Waals surface area contributed by atoms with Crippen LogP contribution in [0, 0.1) is 6.92 Å². The van der Waals surface area contributed by atoms with Gasteiger partial charge in [-0.25, -0.2) is 0 Å². The molecule has 4 nitrogen and oxygen atoms in total. The average Bonchev–Trinajstić information content (AvgIpc) is 2.86. The average molecular weight is 260 g/mol. The molecule has 0 aliphatic carbocycles. The Hall–Kier alpha value is -1.46. The number of nitrogens with zero attached hydrogens (tertiary/aromatic N) is 3. The highest BCUT2D eigenvalue weighted by atomic mass is 32.1. The third-order valence-electron chi connectivity index (χ3n) is 3.19. The van der Waals surface area contributed by atoms with Gasteiger partial charge in [-0.05, 0) is 36.1 Å². The minimum Gasteiger partial charge on any atom is -0.353 e.